The number of piperazine rings is 1. The SMILES string of the molecule is CCOC(=O)N1CCN(C(=O)COC(=O)/C=C/c2ccc3c(c2)OCCO3)CC1. The number of hydrogen-bond acceptors (Lipinski definition) is 7. The van der Waals surface area contributed by atoms with E-state index in [1.165, 1.54) is 6.08 Å². The van der Waals surface area contributed by atoms with Gasteiger partial charge in [0.1, 0.15) is 13.2 Å². The van der Waals surface area contributed by atoms with Gasteiger partial charge < -0.3 is 28.7 Å². The van der Waals surface area contributed by atoms with Gasteiger partial charge in [-0.25, -0.2) is 9.59 Å². The number of fused-ring (bicyclic) bond motifs is 1. The molecule has 1 fully saturated rings. The number of carbonyl (C=O) groups excluding carboxylic acids is 3. The van der Waals surface area contributed by atoms with Crippen LogP contribution in [-0.4, -0.2) is 80.4 Å². The average molecular weight is 404 g/mol. The predicted molar refractivity (Wildman–Crippen MR) is 103 cm³/mol. The van der Waals surface area contributed by atoms with Crippen molar-refractivity contribution in [1.82, 2.24) is 9.80 Å². The van der Waals surface area contributed by atoms with E-state index in [2.05, 4.69) is 0 Å². The van der Waals surface area contributed by atoms with Gasteiger partial charge in [0.05, 0.1) is 6.61 Å². The Kier molecular flexibility index (Phi) is 6.94. The van der Waals surface area contributed by atoms with E-state index in [-0.39, 0.29) is 18.6 Å². The average Bonchev–Trinajstić information content (AvgIpc) is 2.76. The molecule has 0 bridgehead atoms. The number of amides is 2. The molecule has 0 spiro atoms. The van der Waals surface area contributed by atoms with Crippen molar-refractivity contribution in [3.63, 3.8) is 0 Å². The molecule has 0 aliphatic carbocycles. The van der Waals surface area contributed by atoms with Gasteiger partial charge in [-0.3, -0.25) is 4.79 Å². The molecule has 0 aromatic heterocycles. The summed E-state index contributed by atoms with van der Waals surface area (Å²) in [7, 11) is 0. The summed E-state index contributed by atoms with van der Waals surface area (Å²) in [6, 6.07) is 5.34. The summed E-state index contributed by atoms with van der Waals surface area (Å²) in [5.41, 5.74) is 0.757. The van der Waals surface area contributed by atoms with Crippen LogP contribution in [0, 0.1) is 0 Å². The Morgan fingerprint density at radius 2 is 1.69 bits per heavy atom. The maximum atomic E-state index is 12.2. The third kappa shape index (κ3) is 5.63. The van der Waals surface area contributed by atoms with E-state index in [9.17, 15) is 14.4 Å². The first kappa shape index (κ1) is 20.5. The Balaban J connectivity index is 1.42. The van der Waals surface area contributed by atoms with Crippen molar-refractivity contribution >= 4 is 24.0 Å². The number of rotatable bonds is 5. The van der Waals surface area contributed by atoms with Gasteiger partial charge in [0, 0.05) is 32.3 Å². The molecule has 29 heavy (non-hydrogen) atoms. The number of nitrogens with zero attached hydrogens (tertiary/aromatic N) is 2. The molecule has 2 aliphatic rings. The highest BCUT2D eigenvalue weighted by atomic mass is 16.6. The van der Waals surface area contributed by atoms with Gasteiger partial charge in [0.15, 0.2) is 18.1 Å². The molecule has 0 unspecified atom stereocenters. The second-order valence-electron chi connectivity index (χ2n) is 6.41. The molecule has 2 aliphatic heterocycles. The highest BCUT2D eigenvalue weighted by Gasteiger charge is 2.25. The first-order valence-corrected chi connectivity index (χ1v) is 9.51. The van der Waals surface area contributed by atoms with Crippen molar-refractivity contribution in [1.29, 1.82) is 0 Å². The number of carbonyl (C=O) groups is 3. The van der Waals surface area contributed by atoms with Crippen LogP contribution in [-0.2, 0) is 19.1 Å². The molecule has 156 valence electrons. The van der Waals surface area contributed by atoms with Crippen molar-refractivity contribution in [2.24, 2.45) is 0 Å². The summed E-state index contributed by atoms with van der Waals surface area (Å²) in [6.45, 7) is 4.25. The monoisotopic (exact) mass is 404 g/mol. The molecule has 2 amide bonds. The zero-order chi connectivity index (χ0) is 20.6. The maximum Gasteiger partial charge on any atom is 0.409 e. The van der Waals surface area contributed by atoms with E-state index in [0.29, 0.717) is 57.5 Å². The molecule has 0 radical (unpaired) electrons. The van der Waals surface area contributed by atoms with Gasteiger partial charge in [0.2, 0.25) is 0 Å². The van der Waals surface area contributed by atoms with Crippen molar-refractivity contribution in [2.45, 2.75) is 6.92 Å². The molecule has 0 N–H and O–H groups in total. The minimum absolute atomic E-state index is 0.297. The first-order chi connectivity index (χ1) is 14.1. The lowest BCUT2D eigenvalue weighted by Crippen LogP contribution is -2.51. The highest BCUT2D eigenvalue weighted by molar-refractivity contribution is 5.89. The Labute approximate surface area is 168 Å². The molecule has 1 saturated heterocycles. The maximum absolute atomic E-state index is 12.2. The van der Waals surface area contributed by atoms with Crippen molar-refractivity contribution in [3.05, 3.63) is 29.8 Å². The summed E-state index contributed by atoms with van der Waals surface area (Å²) in [6.07, 6.45) is 2.47. The largest absolute Gasteiger partial charge is 0.486 e. The Bertz CT molecular complexity index is 785. The fourth-order valence-electron chi connectivity index (χ4n) is 2.95. The van der Waals surface area contributed by atoms with Gasteiger partial charge in [-0.2, -0.15) is 0 Å². The third-order valence-electron chi connectivity index (χ3n) is 4.47. The predicted octanol–water partition coefficient (Wildman–Crippen LogP) is 1.31. The summed E-state index contributed by atoms with van der Waals surface area (Å²) in [5, 5.41) is 0. The van der Waals surface area contributed by atoms with Crippen LogP contribution >= 0.6 is 0 Å². The standard InChI is InChI=1S/C20H24N2O7/c1-2-26-20(25)22-9-7-21(8-10-22)18(23)14-29-19(24)6-4-15-3-5-16-17(13-15)28-12-11-27-16/h3-6,13H,2,7-12,14H2,1H3/b6-4+. The lowest BCUT2D eigenvalue weighted by Gasteiger charge is -2.33. The van der Waals surface area contributed by atoms with Crippen LogP contribution < -0.4 is 9.47 Å². The third-order valence-corrected chi connectivity index (χ3v) is 4.47. The van der Waals surface area contributed by atoms with Crippen LogP contribution in [0.25, 0.3) is 6.08 Å². The molecule has 0 atom stereocenters. The van der Waals surface area contributed by atoms with Crippen LogP contribution in [0.15, 0.2) is 24.3 Å². The topological polar surface area (TPSA) is 94.6 Å². The minimum atomic E-state index is -0.613. The van der Waals surface area contributed by atoms with E-state index in [1.807, 2.05) is 0 Å². The molecule has 0 saturated carbocycles. The van der Waals surface area contributed by atoms with E-state index >= 15 is 0 Å². The first-order valence-electron chi connectivity index (χ1n) is 9.51. The summed E-state index contributed by atoms with van der Waals surface area (Å²) >= 11 is 0. The van der Waals surface area contributed by atoms with Gasteiger partial charge in [-0.1, -0.05) is 6.07 Å². The van der Waals surface area contributed by atoms with Crippen LogP contribution in [0.2, 0.25) is 0 Å². The molecular formula is C20H24N2O7. The molecule has 2 heterocycles. The van der Waals surface area contributed by atoms with Crippen LogP contribution in [0.5, 0.6) is 11.5 Å². The fraction of sp³-hybridized carbons (Fsp3) is 0.450. The second kappa shape index (κ2) is 9.81. The van der Waals surface area contributed by atoms with Crippen LogP contribution in [0.1, 0.15) is 12.5 Å². The number of esters is 1. The quantitative estimate of drug-likeness (QED) is 0.539. The molecule has 9 nitrogen and oxygen atoms in total. The van der Waals surface area contributed by atoms with E-state index in [4.69, 9.17) is 18.9 Å². The van der Waals surface area contributed by atoms with Gasteiger partial charge in [-0.05, 0) is 30.7 Å². The van der Waals surface area contributed by atoms with Gasteiger partial charge in [0.25, 0.3) is 5.91 Å². The normalized spacial score (nSPS) is 15.9. The molecule has 9 heteroatoms. The minimum Gasteiger partial charge on any atom is -0.486 e. The van der Waals surface area contributed by atoms with E-state index in [1.54, 1.807) is 41.0 Å². The fourth-order valence-corrected chi connectivity index (χ4v) is 2.95. The number of benzene rings is 1. The van der Waals surface area contributed by atoms with Crippen molar-refractivity contribution in [3.8, 4) is 11.5 Å². The van der Waals surface area contributed by atoms with E-state index < -0.39 is 5.97 Å². The summed E-state index contributed by atoms with van der Waals surface area (Å²) < 4.78 is 20.9. The smallest absolute Gasteiger partial charge is 0.409 e. The lowest BCUT2D eigenvalue weighted by atomic mass is 10.2. The zero-order valence-corrected chi connectivity index (χ0v) is 16.3. The Morgan fingerprint density at radius 3 is 2.41 bits per heavy atom. The van der Waals surface area contributed by atoms with Crippen molar-refractivity contribution < 1.29 is 33.3 Å². The van der Waals surface area contributed by atoms with Crippen LogP contribution in [0.3, 0.4) is 0 Å². The van der Waals surface area contributed by atoms with Crippen molar-refractivity contribution in [2.75, 3.05) is 52.6 Å². The molecule has 1 aromatic rings. The summed E-state index contributed by atoms with van der Waals surface area (Å²) in [4.78, 5) is 38.9. The van der Waals surface area contributed by atoms with Gasteiger partial charge >= 0.3 is 12.1 Å². The van der Waals surface area contributed by atoms with E-state index in [0.717, 1.165) is 5.56 Å². The molecule has 1 aromatic carbocycles. The Hall–Kier alpha value is -3.23. The number of hydrogen-bond donors (Lipinski definition) is 0. The molecule has 3 rings (SSSR count). The Morgan fingerprint density at radius 1 is 1.00 bits per heavy atom. The van der Waals surface area contributed by atoms with Gasteiger partial charge in [-0.15, -0.1) is 0 Å². The number of ether oxygens (including phenoxy) is 4. The van der Waals surface area contributed by atoms with Crippen LogP contribution in [0.4, 0.5) is 4.79 Å². The second-order valence-corrected chi connectivity index (χ2v) is 6.41. The molecular weight excluding hydrogens is 380 g/mol. The zero-order valence-electron chi connectivity index (χ0n) is 16.3. The highest BCUT2D eigenvalue weighted by Crippen LogP contribution is 2.31. The summed E-state index contributed by atoms with van der Waals surface area (Å²) in [5.74, 6) is 0.390. The lowest BCUT2D eigenvalue weighted by molar-refractivity contribution is -0.148.